The van der Waals surface area contributed by atoms with Gasteiger partial charge in [0.2, 0.25) is 0 Å². The first kappa shape index (κ1) is 13.7. The van der Waals surface area contributed by atoms with Gasteiger partial charge in [-0.3, -0.25) is 4.79 Å². The predicted octanol–water partition coefficient (Wildman–Crippen LogP) is 0.676. The zero-order valence-electron chi connectivity index (χ0n) is 10.1. The topological polar surface area (TPSA) is 60.8 Å². The lowest BCUT2D eigenvalue weighted by molar-refractivity contribution is 0.0685. The number of carbonyl (C=O) groups excluding carboxylic acids is 1. The van der Waals surface area contributed by atoms with Crippen LogP contribution in [-0.4, -0.2) is 47.3 Å². The summed E-state index contributed by atoms with van der Waals surface area (Å²) in [6.45, 7) is 2.35. The van der Waals surface area contributed by atoms with E-state index in [-0.39, 0.29) is 32.2 Å². The lowest BCUT2D eigenvalue weighted by atomic mass is 10.1. The predicted molar refractivity (Wildman–Crippen MR) is 65.9 cm³/mol. The van der Waals surface area contributed by atoms with E-state index in [9.17, 15) is 4.79 Å². The fraction of sp³-hybridized carbons (Fsp3) is 0.462. The lowest BCUT2D eigenvalue weighted by Crippen LogP contribution is -2.35. The Morgan fingerprint density at radius 1 is 1.12 bits per heavy atom. The van der Waals surface area contributed by atoms with Gasteiger partial charge in [0.25, 0.3) is 5.91 Å². The number of nitrogens with zero attached hydrogens (tertiary/aromatic N) is 1. The highest BCUT2D eigenvalue weighted by Gasteiger charge is 2.14. The van der Waals surface area contributed by atoms with Crippen LogP contribution >= 0.6 is 0 Å². The second kappa shape index (κ2) is 7.04. The number of aliphatic hydroxyl groups is 2. The number of aryl methyl sites for hydroxylation is 1. The van der Waals surface area contributed by atoms with E-state index in [1.807, 2.05) is 12.1 Å². The Labute approximate surface area is 101 Å². The molecular formula is C13H19NO3. The van der Waals surface area contributed by atoms with E-state index in [0.717, 1.165) is 6.42 Å². The molecule has 0 atom stereocenters. The van der Waals surface area contributed by atoms with Crippen LogP contribution in [0.25, 0.3) is 0 Å². The zero-order chi connectivity index (χ0) is 12.7. The van der Waals surface area contributed by atoms with Crippen molar-refractivity contribution in [2.45, 2.75) is 13.3 Å². The minimum absolute atomic E-state index is 0.0984. The molecule has 0 saturated heterocycles. The van der Waals surface area contributed by atoms with Crippen LogP contribution in [-0.2, 0) is 6.42 Å². The third kappa shape index (κ3) is 3.84. The number of hydrogen-bond donors (Lipinski definition) is 2. The summed E-state index contributed by atoms with van der Waals surface area (Å²) < 4.78 is 0. The van der Waals surface area contributed by atoms with Gasteiger partial charge in [0, 0.05) is 18.7 Å². The molecule has 0 heterocycles. The largest absolute Gasteiger partial charge is 0.395 e. The van der Waals surface area contributed by atoms with Crippen LogP contribution < -0.4 is 0 Å². The summed E-state index contributed by atoms with van der Waals surface area (Å²) in [7, 11) is 0. The maximum atomic E-state index is 12.0. The molecule has 0 fully saturated rings. The minimum atomic E-state index is -0.157. The van der Waals surface area contributed by atoms with Gasteiger partial charge in [-0.1, -0.05) is 19.1 Å². The van der Waals surface area contributed by atoms with E-state index in [4.69, 9.17) is 10.2 Å². The standard InChI is InChI=1S/C13H19NO3/c1-2-11-3-5-12(6-4-11)13(17)14(7-9-15)8-10-16/h3-6,15-16H,2,7-10H2,1H3. The van der Waals surface area contributed by atoms with Gasteiger partial charge < -0.3 is 15.1 Å². The van der Waals surface area contributed by atoms with Gasteiger partial charge in [-0.05, 0) is 24.1 Å². The smallest absolute Gasteiger partial charge is 0.254 e. The zero-order valence-corrected chi connectivity index (χ0v) is 10.1. The third-order valence-electron chi connectivity index (χ3n) is 2.64. The van der Waals surface area contributed by atoms with E-state index in [1.54, 1.807) is 12.1 Å². The monoisotopic (exact) mass is 237 g/mol. The van der Waals surface area contributed by atoms with Crippen LogP contribution in [0.15, 0.2) is 24.3 Å². The second-order valence-corrected chi connectivity index (χ2v) is 3.79. The molecule has 0 aromatic heterocycles. The maximum absolute atomic E-state index is 12.0. The van der Waals surface area contributed by atoms with Crippen LogP contribution in [0.3, 0.4) is 0 Å². The summed E-state index contributed by atoms with van der Waals surface area (Å²) in [5.74, 6) is -0.157. The molecule has 0 aliphatic heterocycles. The van der Waals surface area contributed by atoms with Crippen molar-refractivity contribution in [1.82, 2.24) is 4.90 Å². The summed E-state index contributed by atoms with van der Waals surface area (Å²) in [6, 6.07) is 7.40. The van der Waals surface area contributed by atoms with E-state index in [2.05, 4.69) is 6.92 Å². The average Bonchev–Trinajstić information content (AvgIpc) is 2.38. The van der Waals surface area contributed by atoms with E-state index < -0.39 is 0 Å². The van der Waals surface area contributed by atoms with Crippen molar-refractivity contribution in [2.24, 2.45) is 0 Å². The minimum Gasteiger partial charge on any atom is -0.395 e. The van der Waals surface area contributed by atoms with Crippen molar-refractivity contribution in [3.05, 3.63) is 35.4 Å². The van der Waals surface area contributed by atoms with E-state index >= 15 is 0 Å². The summed E-state index contributed by atoms with van der Waals surface area (Å²) in [5.41, 5.74) is 1.77. The highest BCUT2D eigenvalue weighted by molar-refractivity contribution is 5.94. The highest BCUT2D eigenvalue weighted by atomic mass is 16.3. The molecule has 0 radical (unpaired) electrons. The number of carbonyl (C=O) groups is 1. The van der Waals surface area contributed by atoms with Crippen molar-refractivity contribution in [2.75, 3.05) is 26.3 Å². The Morgan fingerprint density at radius 3 is 2.06 bits per heavy atom. The quantitative estimate of drug-likeness (QED) is 0.764. The first-order valence-corrected chi connectivity index (χ1v) is 5.82. The average molecular weight is 237 g/mol. The Morgan fingerprint density at radius 2 is 1.65 bits per heavy atom. The van der Waals surface area contributed by atoms with Gasteiger partial charge in [0.05, 0.1) is 13.2 Å². The van der Waals surface area contributed by atoms with Gasteiger partial charge in [-0.15, -0.1) is 0 Å². The van der Waals surface area contributed by atoms with Crippen molar-refractivity contribution < 1.29 is 15.0 Å². The molecular weight excluding hydrogens is 218 g/mol. The molecule has 0 aliphatic rings. The Hall–Kier alpha value is -1.39. The molecule has 0 unspecified atom stereocenters. The van der Waals surface area contributed by atoms with Crippen molar-refractivity contribution in [3.8, 4) is 0 Å². The van der Waals surface area contributed by atoms with Crippen LogP contribution in [0.1, 0.15) is 22.8 Å². The molecule has 0 saturated carbocycles. The number of hydrogen-bond acceptors (Lipinski definition) is 3. The number of amides is 1. The SMILES string of the molecule is CCc1ccc(C(=O)N(CCO)CCO)cc1. The van der Waals surface area contributed by atoms with Crippen molar-refractivity contribution in [1.29, 1.82) is 0 Å². The highest BCUT2D eigenvalue weighted by Crippen LogP contribution is 2.08. The molecule has 4 heteroatoms. The molecule has 0 bridgehead atoms. The Kier molecular flexibility index (Phi) is 5.66. The van der Waals surface area contributed by atoms with Gasteiger partial charge in [0.1, 0.15) is 0 Å². The van der Waals surface area contributed by atoms with Crippen molar-refractivity contribution >= 4 is 5.91 Å². The Bertz CT molecular complexity index is 342. The van der Waals surface area contributed by atoms with E-state index in [1.165, 1.54) is 10.5 Å². The van der Waals surface area contributed by atoms with Crippen LogP contribution in [0, 0.1) is 0 Å². The van der Waals surface area contributed by atoms with Gasteiger partial charge >= 0.3 is 0 Å². The molecule has 0 spiro atoms. The summed E-state index contributed by atoms with van der Waals surface area (Å²) in [5, 5.41) is 17.7. The summed E-state index contributed by atoms with van der Waals surface area (Å²) >= 11 is 0. The van der Waals surface area contributed by atoms with Crippen LogP contribution in [0.2, 0.25) is 0 Å². The maximum Gasteiger partial charge on any atom is 0.254 e. The molecule has 0 aliphatic carbocycles. The van der Waals surface area contributed by atoms with Gasteiger partial charge in [-0.2, -0.15) is 0 Å². The normalized spacial score (nSPS) is 10.3. The lowest BCUT2D eigenvalue weighted by Gasteiger charge is -2.20. The summed E-state index contributed by atoms with van der Waals surface area (Å²) in [6.07, 6.45) is 0.936. The van der Waals surface area contributed by atoms with E-state index in [0.29, 0.717) is 5.56 Å². The number of aliphatic hydroxyl groups excluding tert-OH is 2. The first-order chi connectivity index (χ1) is 8.22. The molecule has 17 heavy (non-hydrogen) atoms. The molecule has 1 amide bonds. The first-order valence-electron chi connectivity index (χ1n) is 5.82. The number of rotatable bonds is 6. The molecule has 94 valence electrons. The van der Waals surface area contributed by atoms with Crippen molar-refractivity contribution in [3.63, 3.8) is 0 Å². The molecule has 1 aromatic rings. The number of benzene rings is 1. The summed E-state index contributed by atoms with van der Waals surface area (Å²) in [4.78, 5) is 13.5. The third-order valence-corrected chi connectivity index (χ3v) is 2.64. The van der Waals surface area contributed by atoms with Crippen LogP contribution in [0.5, 0.6) is 0 Å². The Balaban J connectivity index is 2.77. The fourth-order valence-corrected chi connectivity index (χ4v) is 1.62. The van der Waals surface area contributed by atoms with Gasteiger partial charge in [-0.25, -0.2) is 0 Å². The van der Waals surface area contributed by atoms with Crippen LogP contribution in [0.4, 0.5) is 0 Å². The second-order valence-electron chi connectivity index (χ2n) is 3.79. The fourth-order valence-electron chi connectivity index (χ4n) is 1.62. The molecule has 2 N–H and O–H groups in total. The van der Waals surface area contributed by atoms with Gasteiger partial charge in [0.15, 0.2) is 0 Å². The molecule has 1 rings (SSSR count). The molecule has 1 aromatic carbocycles. The molecule has 4 nitrogen and oxygen atoms in total.